The summed E-state index contributed by atoms with van der Waals surface area (Å²) in [7, 11) is 0. The fourth-order valence-electron chi connectivity index (χ4n) is 2.54. The fraction of sp³-hybridized carbons (Fsp3) is 0.769. The summed E-state index contributed by atoms with van der Waals surface area (Å²) in [6, 6.07) is 0. The summed E-state index contributed by atoms with van der Waals surface area (Å²) >= 11 is 0. The van der Waals surface area contributed by atoms with Crippen molar-refractivity contribution >= 4 is 24.8 Å². The van der Waals surface area contributed by atoms with Gasteiger partial charge < -0.3 is 5.32 Å². The van der Waals surface area contributed by atoms with E-state index in [1.54, 1.807) is 0 Å². The molecule has 0 saturated carbocycles. The summed E-state index contributed by atoms with van der Waals surface area (Å²) in [4.78, 5) is 6.24. The lowest BCUT2D eigenvalue weighted by Gasteiger charge is -2.31. The molecule has 1 fully saturated rings. The van der Waals surface area contributed by atoms with Gasteiger partial charge in [0.1, 0.15) is 5.82 Å². The van der Waals surface area contributed by atoms with E-state index < -0.39 is 6.55 Å². The van der Waals surface area contributed by atoms with Crippen molar-refractivity contribution in [2.45, 2.75) is 32.9 Å². The van der Waals surface area contributed by atoms with Crippen LogP contribution in [0.1, 0.15) is 32.1 Å². The molecule has 8 heteroatoms. The lowest BCUT2D eigenvalue weighted by atomic mass is 9.97. The maximum Gasteiger partial charge on any atom is 0.319 e. The molecule has 1 N–H and O–H groups in total. The van der Waals surface area contributed by atoms with Crippen molar-refractivity contribution in [3.8, 4) is 0 Å². The van der Waals surface area contributed by atoms with Gasteiger partial charge in [-0.25, -0.2) is 4.98 Å². The molecular formula is C13H24Cl2F2N4. The van der Waals surface area contributed by atoms with Gasteiger partial charge in [0.2, 0.25) is 0 Å². The summed E-state index contributed by atoms with van der Waals surface area (Å²) in [5.41, 5.74) is 0. The minimum Gasteiger partial charge on any atom is -0.317 e. The predicted molar refractivity (Wildman–Crippen MR) is 84.5 cm³/mol. The molecule has 2 heterocycles. The third kappa shape index (κ3) is 6.06. The minimum absolute atomic E-state index is 0. The molecule has 0 atom stereocenters. The smallest absolute Gasteiger partial charge is 0.317 e. The number of rotatable bonds is 6. The Balaban J connectivity index is 0.00000200. The molecule has 124 valence electrons. The van der Waals surface area contributed by atoms with Gasteiger partial charge in [-0.15, -0.1) is 24.8 Å². The van der Waals surface area contributed by atoms with Crippen LogP contribution in [0.25, 0.3) is 0 Å². The number of nitrogens with one attached hydrogen (secondary N) is 1. The molecule has 2 rings (SSSR count). The summed E-state index contributed by atoms with van der Waals surface area (Å²) in [5.74, 6) is 1.17. The molecule has 21 heavy (non-hydrogen) atoms. The second-order valence-corrected chi connectivity index (χ2v) is 5.06. The van der Waals surface area contributed by atoms with Gasteiger partial charge >= 0.3 is 6.55 Å². The summed E-state index contributed by atoms with van der Waals surface area (Å²) < 4.78 is 26.4. The first-order valence-corrected chi connectivity index (χ1v) is 6.93. The molecule has 1 aliphatic heterocycles. The van der Waals surface area contributed by atoms with Gasteiger partial charge in [-0.05, 0) is 44.9 Å². The normalized spacial score (nSPS) is 16.6. The van der Waals surface area contributed by atoms with Crippen LogP contribution in [0.4, 0.5) is 8.78 Å². The highest BCUT2D eigenvalue weighted by atomic mass is 35.5. The Morgan fingerprint density at radius 1 is 1.33 bits per heavy atom. The fourth-order valence-corrected chi connectivity index (χ4v) is 2.54. The molecular weight excluding hydrogens is 321 g/mol. The third-order valence-corrected chi connectivity index (χ3v) is 3.71. The van der Waals surface area contributed by atoms with E-state index >= 15 is 0 Å². The molecule has 0 spiro atoms. The molecule has 1 aliphatic rings. The van der Waals surface area contributed by atoms with Crippen LogP contribution < -0.4 is 5.32 Å². The van der Waals surface area contributed by atoms with Gasteiger partial charge in [0.25, 0.3) is 0 Å². The molecule has 4 nitrogen and oxygen atoms in total. The van der Waals surface area contributed by atoms with E-state index in [4.69, 9.17) is 0 Å². The van der Waals surface area contributed by atoms with Gasteiger partial charge in [-0.1, -0.05) is 6.92 Å². The first kappa shape index (κ1) is 20.6. The van der Waals surface area contributed by atoms with E-state index in [1.165, 1.54) is 12.4 Å². The van der Waals surface area contributed by atoms with Crippen LogP contribution in [0.3, 0.4) is 0 Å². The van der Waals surface area contributed by atoms with E-state index in [0.29, 0.717) is 18.3 Å². The minimum atomic E-state index is -2.50. The third-order valence-electron chi connectivity index (χ3n) is 3.71. The maximum atomic E-state index is 12.7. The van der Waals surface area contributed by atoms with E-state index in [1.807, 2.05) is 0 Å². The summed E-state index contributed by atoms with van der Waals surface area (Å²) in [6.45, 7) is 4.13. The van der Waals surface area contributed by atoms with E-state index in [2.05, 4.69) is 22.1 Å². The Kier molecular flexibility index (Phi) is 10.1. The largest absolute Gasteiger partial charge is 0.319 e. The van der Waals surface area contributed by atoms with E-state index in [0.717, 1.165) is 43.6 Å². The zero-order valence-corrected chi connectivity index (χ0v) is 13.8. The average Bonchev–Trinajstić information content (AvgIpc) is 2.86. The van der Waals surface area contributed by atoms with Crippen LogP contribution in [-0.4, -0.2) is 40.6 Å². The number of hydrogen-bond donors (Lipinski definition) is 1. The van der Waals surface area contributed by atoms with Crippen molar-refractivity contribution in [2.24, 2.45) is 5.92 Å². The van der Waals surface area contributed by atoms with Crippen molar-refractivity contribution in [1.82, 2.24) is 19.8 Å². The van der Waals surface area contributed by atoms with Crippen LogP contribution >= 0.6 is 24.8 Å². The summed E-state index contributed by atoms with van der Waals surface area (Å²) in [6.07, 6.45) is 5.04. The number of piperidine rings is 1. The molecule has 0 bridgehead atoms. The Labute approximate surface area is 137 Å². The quantitative estimate of drug-likeness (QED) is 0.861. The Morgan fingerprint density at radius 2 is 2.00 bits per heavy atom. The van der Waals surface area contributed by atoms with E-state index in [-0.39, 0.29) is 24.8 Å². The zero-order valence-electron chi connectivity index (χ0n) is 12.2. The number of halogens is 4. The number of aromatic nitrogens is 2. The monoisotopic (exact) mass is 344 g/mol. The highest BCUT2D eigenvalue weighted by molar-refractivity contribution is 5.85. The van der Waals surface area contributed by atoms with Gasteiger partial charge in [-0.2, -0.15) is 8.78 Å². The molecule has 0 aliphatic carbocycles. The second-order valence-electron chi connectivity index (χ2n) is 5.06. The highest BCUT2D eigenvalue weighted by Crippen LogP contribution is 2.19. The standard InChI is InChI=1S/C13H22F2N4.2ClH/c1-2-16-9-11-3-6-18(7-4-11)10-12-17-5-8-19(12)13(14)15;;/h5,8,11,13,16H,2-4,6-7,9-10H2,1H3;2*1H. The van der Waals surface area contributed by atoms with Crippen LogP contribution in [0.2, 0.25) is 0 Å². The summed E-state index contributed by atoms with van der Waals surface area (Å²) in [5, 5.41) is 3.37. The van der Waals surface area contributed by atoms with Crippen molar-refractivity contribution in [3.05, 3.63) is 18.2 Å². The zero-order chi connectivity index (χ0) is 13.7. The van der Waals surface area contributed by atoms with Gasteiger partial charge in [-0.3, -0.25) is 9.47 Å². The maximum absolute atomic E-state index is 12.7. The topological polar surface area (TPSA) is 33.1 Å². The molecule has 0 unspecified atom stereocenters. The molecule has 0 aromatic carbocycles. The van der Waals surface area contributed by atoms with Crippen LogP contribution in [0.5, 0.6) is 0 Å². The van der Waals surface area contributed by atoms with Crippen LogP contribution in [0, 0.1) is 5.92 Å². The molecule has 1 aromatic rings. The Hall–Kier alpha value is -0.430. The Bertz CT molecular complexity index is 382. The van der Waals surface area contributed by atoms with Crippen molar-refractivity contribution in [1.29, 1.82) is 0 Å². The van der Waals surface area contributed by atoms with Crippen molar-refractivity contribution in [2.75, 3.05) is 26.2 Å². The first-order chi connectivity index (χ1) is 9.20. The average molecular weight is 345 g/mol. The molecule has 0 radical (unpaired) electrons. The molecule has 0 amide bonds. The number of hydrogen-bond acceptors (Lipinski definition) is 3. The predicted octanol–water partition coefficient (Wildman–Crippen LogP) is 2.94. The van der Waals surface area contributed by atoms with Gasteiger partial charge in [0.05, 0.1) is 6.54 Å². The second kappa shape index (κ2) is 10.3. The van der Waals surface area contributed by atoms with Crippen molar-refractivity contribution in [3.63, 3.8) is 0 Å². The van der Waals surface area contributed by atoms with E-state index in [9.17, 15) is 8.78 Å². The van der Waals surface area contributed by atoms with Gasteiger partial charge in [0.15, 0.2) is 0 Å². The first-order valence-electron chi connectivity index (χ1n) is 6.93. The number of nitrogens with zero attached hydrogens (tertiary/aromatic N) is 3. The number of likely N-dealkylation sites (tertiary alicyclic amines) is 1. The van der Waals surface area contributed by atoms with Crippen molar-refractivity contribution < 1.29 is 8.78 Å². The number of imidazole rings is 1. The lowest BCUT2D eigenvalue weighted by molar-refractivity contribution is 0.0623. The molecule has 1 aromatic heterocycles. The SMILES string of the molecule is CCNCC1CCN(Cc2nccn2C(F)F)CC1.Cl.Cl. The Morgan fingerprint density at radius 3 is 2.57 bits per heavy atom. The lowest BCUT2D eigenvalue weighted by Crippen LogP contribution is -2.37. The highest BCUT2D eigenvalue weighted by Gasteiger charge is 2.21. The molecule has 1 saturated heterocycles. The van der Waals surface area contributed by atoms with Crippen LogP contribution in [0.15, 0.2) is 12.4 Å². The van der Waals surface area contributed by atoms with Gasteiger partial charge in [0, 0.05) is 12.4 Å². The van der Waals surface area contributed by atoms with Crippen LogP contribution in [-0.2, 0) is 6.54 Å². The number of alkyl halides is 2.